The molecule has 0 aliphatic carbocycles. The van der Waals surface area contributed by atoms with Crippen molar-refractivity contribution in [1.29, 1.82) is 0 Å². The highest BCUT2D eigenvalue weighted by Crippen LogP contribution is 2.44. The van der Waals surface area contributed by atoms with Gasteiger partial charge in [0.2, 0.25) is 50.1 Å². The van der Waals surface area contributed by atoms with Gasteiger partial charge in [-0.3, -0.25) is 30.0 Å². The molecule has 0 bridgehead atoms. The molecule has 15 N–H and O–H groups in total. The molecule has 0 spiro atoms. The lowest BCUT2D eigenvalue weighted by Gasteiger charge is -2.32. The van der Waals surface area contributed by atoms with E-state index < -0.39 is 121 Å². The maximum absolute atomic E-state index is 13.8. The number of benzene rings is 7. The predicted molar refractivity (Wildman–Crippen MR) is 495 cm³/mol. The summed E-state index contributed by atoms with van der Waals surface area (Å²) >= 11 is 9.19. The number of nitrogen functional groups attached to an aromatic ring is 4. The minimum Gasteiger partial charge on any atom is -0.405 e. The molecule has 1 aromatic heterocycles. The first kappa shape index (κ1) is 115. The summed E-state index contributed by atoms with van der Waals surface area (Å²) in [7, 11) is -17.1. The van der Waals surface area contributed by atoms with Crippen molar-refractivity contribution < 1.29 is 112 Å². The highest BCUT2D eigenvalue weighted by Gasteiger charge is 2.64. The molecule has 3 aliphatic rings. The van der Waals surface area contributed by atoms with Gasteiger partial charge in [0.1, 0.15) is 52.9 Å². The minimum atomic E-state index is -3.43. The van der Waals surface area contributed by atoms with Crippen LogP contribution in [0.15, 0.2) is 153 Å². The van der Waals surface area contributed by atoms with Gasteiger partial charge in [-0.25, -0.2) is 88.1 Å². The number of sulfonamides is 5. The lowest BCUT2D eigenvalue weighted by molar-refractivity contribution is -0.384. The van der Waals surface area contributed by atoms with Gasteiger partial charge in [-0.1, -0.05) is 69.6 Å². The van der Waals surface area contributed by atoms with Crippen LogP contribution in [0.4, 0.5) is 56.1 Å². The molecule has 3 fully saturated rings. The number of rotatable bonds is 19. The van der Waals surface area contributed by atoms with Crippen LogP contribution in [0.2, 0.25) is 0 Å². The normalized spacial score (nSPS) is 15.4. The summed E-state index contributed by atoms with van der Waals surface area (Å²) in [6.45, 7) is 23.9. The molecule has 3 aliphatic heterocycles. The van der Waals surface area contributed by atoms with Gasteiger partial charge in [-0.05, 0) is 229 Å². The molecular weight excluding hydrogens is 1970 g/mol. The third kappa shape index (κ3) is 39.2. The van der Waals surface area contributed by atoms with Crippen LogP contribution in [0.5, 0.6) is 0 Å². The number of para-hydroxylation sites is 2. The third-order valence-electron chi connectivity index (χ3n) is 18.4. The molecule has 3 saturated heterocycles. The number of nitrogens with zero attached hydrogens (tertiary/aromatic N) is 3. The number of aliphatic hydroxyl groups excluding tert-OH is 1. The fraction of sp³-hybridized carbons (Fsp3) is 0.377. The molecule has 11 rings (SSSR count). The lowest BCUT2D eigenvalue weighted by atomic mass is 9.49. The van der Waals surface area contributed by atoms with E-state index in [1.807, 2.05) is 83.1 Å². The topological polar surface area (TPSA) is 541 Å². The molecule has 127 heavy (non-hydrogen) atoms. The van der Waals surface area contributed by atoms with Crippen molar-refractivity contribution in [2.75, 3.05) is 61.3 Å². The van der Waals surface area contributed by atoms with Crippen LogP contribution in [0.3, 0.4) is 0 Å². The van der Waals surface area contributed by atoms with Gasteiger partial charge >= 0.3 is 26.8 Å². The van der Waals surface area contributed by atoms with Gasteiger partial charge in [0.25, 0.3) is 5.69 Å². The van der Waals surface area contributed by atoms with E-state index in [0.717, 1.165) is 44.6 Å². The zero-order valence-electron chi connectivity index (χ0n) is 71.7. The Morgan fingerprint density at radius 1 is 0.441 bits per heavy atom. The Kier molecular flexibility index (Phi) is 43.1. The Morgan fingerprint density at radius 2 is 0.756 bits per heavy atom. The minimum absolute atomic E-state index is 0. The second-order valence-corrected chi connectivity index (χ2v) is 42.5. The van der Waals surface area contributed by atoms with E-state index in [1.54, 1.807) is 42.5 Å². The zero-order valence-corrected chi connectivity index (χ0v) is 80.6. The number of aliphatic hydroxyl groups is 1. The predicted octanol–water partition coefficient (Wildman–Crippen LogP) is 11.7. The average Bonchev–Trinajstić information content (AvgIpc) is 1.60. The summed E-state index contributed by atoms with van der Waals surface area (Å²) in [5.41, 5.74) is 25.3. The Bertz CT molecular complexity index is 5650. The lowest BCUT2D eigenvalue weighted by Crippen LogP contribution is -2.41. The number of hydrogen-bond acceptors (Lipinski definition) is 27. The van der Waals surface area contributed by atoms with Crippen LogP contribution in [0.25, 0.3) is 22.3 Å². The first-order valence-corrected chi connectivity index (χ1v) is 48.6. The smallest absolute Gasteiger partial charge is 0.405 e. The number of hydrogen-bond donors (Lipinski definition) is 10. The maximum atomic E-state index is 13.8. The fourth-order valence-electron chi connectivity index (χ4n) is 10.3. The molecular formula is C77H105B3Br3F5N12O22S5. The molecule has 34 nitrogen and oxygen atoms in total. The van der Waals surface area contributed by atoms with Gasteiger partial charge in [0.05, 0.1) is 90.6 Å². The number of carbonyl (C=O) groups is 1. The number of anilines is 4. The summed E-state index contributed by atoms with van der Waals surface area (Å²) in [5, 5.41) is 32.5. The van der Waals surface area contributed by atoms with Crippen LogP contribution in [-0.4, -0.2) is 161 Å². The molecule has 0 atom stereocenters. The number of aromatic nitrogens is 1. The second kappa shape index (κ2) is 47.7. The summed E-state index contributed by atoms with van der Waals surface area (Å²) in [4.78, 5) is 33.7. The summed E-state index contributed by atoms with van der Waals surface area (Å²) in [6.07, 6.45) is 8.21. The largest absolute Gasteiger partial charge is 0.494 e. The average molecular weight is 2080 g/mol. The van der Waals surface area contributed by atoms with E-state index >= 15 is 0 Å². The van der Waals surface area contributed by atoms with Crippen LogP contribution >= 0.6 is 47.8 Å². The van der Waals surface area contributed by atoms with Gasteiger partial charge in [0, 0.05) is 71.2 Å². The van der Waals surface area contributed by atoms with E-state index in [1.165, 1.54) is 91.1 Å². The maximum Gasteiger partial charge on any atom is 0.494 e. The number of nitrogens with one attached hydrogen (secondary N) is 4. The van der Waals surface area contributed by atoms with Gasteiger partial charge in [-0.15, -0.1) is 0 Å². The first-order valence-electron chi connectivity index (χ1n) is 36.7. The monoisotopic (exact) mass is 2070 g/mol. The van der Waals surface area contributed by atoms with Crippen molar-refractivity contribution in [2.45, 2.75) is 150 Å². The first-order chi connectivity index (χ1) is 57.4. The van der Waals surface area contributed by atoms with Gasteiger partial charge in [-0.2, -0.15) is 0 Å². The molecule has 0 radical (unpaired) electrons. The fourth-order valence-corrected chi connectivity index (χ4v) is 13.3. The van der Waals surface area contributed by atoms with Crippen LogP contribution in [0, 0.1) is 49.3 Å². The summed E-state index contributed by atoms with van der Waals surface area (Å²) in [5.74, 6) is -2.34. The molecule has 700 valence electrons. The molecule has 0 unspecified atom stereocenters. The Balaban J connectivity index is 0.000000502. The van der Waals surface area contributed by atoms with Crippen LogP contribution < -0.4 is 52.4 Å². The molecule has 7 aromatic carbocycles. The number of nitro benzene ring substituents is 1. The van der Waals surface area contributed by atoms with Crippen molar-refractivity contribution in [3.8, 4) is 22.3 Å². The number of pyridine rings is 1. The number of nitrogens with two attached hydrogens (primary N) is 5. The van der Waals surface area contributed by atoms with Gasteiger partial charge in [0.15, 0.2) is 0 Å². The van der Waals surface area contributed by atoms with Crippen LogP contribution in [-0.2, 0) is 104 Å². The van der Waals surface area contributed by atoms with Gasteiger partial charge < -0.3 is 56.0 Å². The Hall–Kier alpha value is -8.09. The van der Waals surface area contributed by atoms with Crippen molar-refractivity contribution in [3.63, 3.8) is 0 Å². The third-order valence-corrected chi connectivity index (χ3v) is 22.7. The molecule has 50 heteroatoms. The number of halogens is 8. The molecule has 0 saturated carbocycles. The van der Waals surface area contributed by atoms with Crippen molar-refractivity contribution in [3.05, 3.63) is 230 Å². The molecule has 0 amide bonds. The highest BCUT2D eigenvalue weighted by atomic mass is 79.9. The number of carbonyl (C=O) groups excluding carboxylic acids is 1. The SMILES string of the molecule is C.CC1(C)OB(B2OC(C)(C)C(C)(C)O2)OC1(C)C.CC1(C)OB(c2cc(F)cc(CNS(C)(=O)=O)c2)OC1(C)C.CO.CS(=O)(=O)NCc1cc(F)cc(-c2cccc(N)c2N)c1.CS(=O)(=O)NCc1cc(F)cc(-c2cccc([N+](=O)[O-])c2N)c1.CS(=O)(=O)NCc1cc(F)cc(Br)c1.CS(N)(=O)=O.Nc1c(Br)cncc1[N+](=O)[O-].O=Cc1cc(F)cc(Br)c1. The van der Waals surface area contributed by atoms with E-state index in [-0.39, 0.29) is 78.8 Å². The zero-order chi connectivity index (χ0) is 96.8. The van der Waals surface area contributed by atoms with E-state index in [2.05, 4.69) is 76.8 Å². The number of aldehydes is 1. The Labute approximate surface area is 764 Å². The number of nitro groups is 2. The highest BCUT2D eigenvalue weighted by molar-refractivity contribution is 9.11. The quantitative estimate of drug-likeness (QED) is 0.00897. The Morgan fingerprint density at radius 3 is 1.09 bits per heavy atom. The van der Waals surface area contributed by atoms with E-state index in [0.29, 0.717) is 86.6 Å². The van der Waals surface area contributed by atoms with Crippen molar-refractivity contribution in [2.24, 2.45) is 5.14 Å². The van der Waals surface area contributed by atoms with E-state index in [4.69, 9.17) is 56.0 Å². The van der Waals surface area contributed by atoms with Crippen molar-refractivity contribution in [1.82, 2.24) is 23.9 Å². The van der Waals surface area contributed by atoms with Crippen LogP contribution in [0.1, 0.15) is 123 Å². The molecule has 8 aromatic rings. The number of primary sulfonamides is 1. The molecule has 4 heterocycles. The van der Waals surface area contributed by atoms with E-state index in [9.17, 15) is 89.1 Å². The standard InChI is InChI=1S/C14H21BFNO4S.C14H14FN3O4S.C14H16FN3O2S.C12H24B2O4.C8H9BrFNO2S.C7H4BrFO.C5H4BrN3O2.CH5NO2S.CH4O.CH4/c1-13(2)14(3,4)21-15(20-13)11-6-10(7-12(16)8-11)9-17-22(5,18)19;1-23(21,22)17-8-9-5-10(7-11(15)6-9)12-3-2-4-13(14(12)16)18(19)20;1-21(19,20)18-8-9-5-10(7-11(15)6-9)12-3-2-4-13(16)14(12)17;1-9(2)10(3,4)16-13(15-9)14-17-11(5,6)12(7,8)18-14;1-14(12,13)11-5-6-2-7(9)4-8(10)3-6;8-6-1-5(4-10)2-7(9)3-6;6-3-1-8-2-4(5(3)7)9(10)11;1-5(2,3)4;1-2;/h6-8,17H,9H2,1-5H3;2-7,17H,8,16H2,1H3;2-7,18H,8,16-17H2,1H3;1-8H3;2-4,11H,5H2,1H3;1-4H;1-2H,(H2,7,8);1H3,(H2,2,3,4);2H,1H3;1H4. The summed E-state index contributed by atoms with van der Waals surface area (Å²) in [6, 6.07) is 30.1. The second-order valence-electron chi connectivity index (χ2n) is 30.8. The van der Waals surface area contributed by atoms with Crippen molar-refractivity contribution >= 4 is 165 Å². The summed E-state index contributed by atoms with van der Waals surface area (Å²) < 4.78 is 220.